The molecule has 0 atom stereocenters. The number of benzene rings is 1. The summed E-state index contributed by atoms with van der Waals surface area (Å²) in [7, 11) is 4.97. The fourth-order valence-corrected chi connectivity index (χ4v) is 1.66. The summed E-state index contributed by atoms with van der Waals surface area (Å²) >= 11 is 0. The Kier molecular flexibility index (Phi) is 4.73. The molecule has 1 aromatic heterocycles. The number of aromatic nitrogens is 2. The highest BCUT2D eigenvalue weighted by Crippen LogP contribution is 2.30. The molecule has 1 heterocycles. The summed E-state index contributed by atoms with van der Waals surface area (Å²) in [5, 5.41) is 2.96. The van der Waals surface area contributed by atoms with Crippen LogP contribution in [0.4, 0.5) is 5.82 Å². The Morgan fingerprint density at radius 1 is 1.10 bits per heavy atom. The number of para-hydroxylation sites is 2. The van der Waals surface area contributed by atoms with E-state index in [1.807, 2.05) is 24.3 Å². The molecule has 0 aliphatic rings. The van der Waals surface area contributed by atoms with Crippen LogP contribution in [0, 0.1) is 0 Å². The number of hydrogen-bond acceptors (Lipinski definition) is 6. The van der Waals surface area contributed by atoms with Gasteiger partial charge in [-0.25, -0.2) is 4.98 Å². The molecule has 6 nitrogen and oxygen atoms in total. The highest BCUT2D eigenvalue weighted by Gasteiger charge is 2.09. The molecular weight excluding hydrogens is 258 g/mol. The van der Waals surface area contributed by atoms with Crippen LogP contribution in [0.15, 0.2) is 30.3 Å². The lowest BCUT2D eigenvalue weighted by Gasteiger charge is -2.11. The molecule has 20 heavy (non-hydrogen) atoms. The lowest BCUT2D eigenvalue weighted by Crippen LogP contribution is -2.03. The summed E-state index contributed by atoms with van der Waals surface area (Å²) < 4.78 is 16.0. The number of anilines is 1. The minimum Gasteiger partial charge on any atom is -0.493 e. The molecule has 0 saturated carbocycles. The Labute approximate surface area is 117 Å². The van der Waals surface area contributed by atoms with Gasteiger partial charge in [-0.05, 0) is 12.1 Å². The molecule has 0 aliphatic carbocycles. The molecule has 1 aromatic carbocycles. The first kappa shape index (κ1) is 14.1. The van der Waals surface area contributed by atoms with E-state index >= 15 is 0 Å². The van der Waals surface area contributed by atoms with Gasteiger partial charge in [0.05, 0.1) is 7.11 Å². The van der Waals surface area contributed by atoms with Gasteiger partial charge in [-0.15, -0.1) is 0 Å². The van der Waals surface area contributed by atoms with Crippen molar-refractivity contribution in [1.29, 1.82) is 0 Å². The van der Waals surface area contributed by atoms with Crippen molar-refractivity contribution in [3.63, 3.8) is 0 Å². The monoisotopic (exact) mass is 275 g/mol. The third-order valence-electron chi connectivity index (χ3n) is 2.56. The highest BCUT2D eigenvalue weighted by atomic mass is 16.5. The molecular formula is C14H17N3O3. The van der Waals surface area contributed by atoms with Crippen molar-refractivity contribution in [3.05, 3.63) is 36.2 Å². The van der Waals surface area contributed by atoms with Crippen LogP contribution in [-0.2, 0) is 11.3 Å². The van der Waals surface area contributed by atoms with E-state index in [9.17, 15) is 0 Å². The van der Waals surface area contributed by atoms with Crippen molar-refractivity contribution in [3.8, 4) is 17.4 Å². The molecule has 1 N–H and O–H groups in total. The van der Waals surface area contributed by atoms with Gasteiger partial charge in [0.2, 0.25) is 5.88 Å². The van der Waals surface area contributed by atoms with Gasteiger partial charge in [0, 0.05) is 20.2 Å². The lowest BCUT2D eigenvalue weighted by molar-refractivity contribution is 0.177. The topological polar surface area (TPSA) is 65.5 Å². The quantitative estimate of drug-likeness (QED) is 0.873. The molecule has 2 aromatic rings. The van der Waals surface area contributed by atoms with Crippen molar-refractivity contribution in [2.45, 2.75) is 6.61 Å². The summed E-state index contributed by atoms with van der Waals surface area (Å²) in [4.78, 5) is 8.56. The third-order valence-corrected chi connectivity index (χ3v) is 2.56. The van der Waals surface area contributed by atoms with Gasteiger partial charge in [-0.1, -0.05) is 12.1 Å². The maximum atomic E-state index is 5.76. The molecule has 2 rings (SSSR count). The fraction of sp³-hybridized carbons (Fsp3) is 0.286. The van der Waals surface area contributed by atoms with E-state index in [2.05, 4.69) is 15.3 Å². The van der Waals surface area contributed by atoms with Crippen molar-refractivity contribution in [2.75, 3.05) is 26.6 Å². The van der Waals surface area contributed by atoms with Crippen molar-refractivity contribution in [1.82, 2.24) is 9.97 Å². The number of ether oxygens (including phenoxy) is 3. The first-order valence-corrected chi connectivity index (χ1v) is 6.12. The molecule has 0 saturated heterocycles. The van der Waals surface area contributed by atoms with E-state index in [1.54, 1.807) is 27.3 Å². The van der Waals surface area contributed by atoms with Gasteiger partial charge >= 0.3 is 0 Å². The second-order valence-electron chi connectivity index (χ2n) is 3.94. The predicted molar refractivity (Wildman–Crippen MR) is 75.4 cm³/mol. The van der Waals surface area contributed by atoms with E-state index < -0.39 is 0 Å². The van der Waals surface area contributed by atoms with Crippen LogP contribution in [0.1, 0.15) is 5.82 Å². The minimum atomic E-state index is 0.317. The number of nitrogens with zero attached hydrogens (tertiary/aromatic N) is 2. The zero-order valence-electron chi connectivity index (χ0n) is 11.7. The molecule has 106 valence electrons. The van der Waals surface area contributed by atoms with Crippen LogP contribution in [-0.4, -0.2) is 31.2 Å². The Morgan fingerprint density at radius 2 is 1.85 bits per heavy atom. The normalized spacial score (nSPS) is 10.2. The number of methoxy groups -OCH3 is 2. The summed E-state index contributed by atoms with van der Waals surface area (Å²) in [6.07, 6.45) is 0. The number of hydrogen-bond donors (Lipinski definition) is 1. The van der Waals surface area contributed by atoms with Crippen LogP contribution in [0.5, 0.6) is 17.4 Å². The molecule has 6 heteroatoms. The van der Waals surface area contributed by atoms with Crippen molar-refractivity contribution >= 4 is 5.82 Å². The first-order valence-electron chi connectivity index (χ1n) is 6.12. The average Bonchev–Trinajstić information content (AvgIpc) is 2.48. The second-order valence-corrected chi connectivity index (χ2v) is 3.94. The van der Waals surface area contributed by atoms with E-state index in [1.165, 1.54) is 0 Å². The maximum Gasteiger partial charge on any atom is 0.224 e. The number of nitrogens with one attached hydrogen (secondary N) is 1. The van der Waals surface area contributed by atoms with Gasteiger partial charge < -0.3 is 19.5 Å². The van der Waals surface area contributed by atoms with Gasteiger partial charge in [-0.2, -0.15) is 4.98 Å². The number of rotatable bonds is 6. The van der Waals surface area contributed by atoms with Crippen LogP contribution in [0.25, 0.3) is 0 Å². The molecule has 0 spiro atoms. The van der Waals surface area contributed by atoms with Crippen molar-refractivity contribution < 1.29 is 14.2 Å². The Hall–Kier alpha value is -2.34. The summed E-state index contributed by atoms with van der Waals surface area (Å²) in [5.74, 6) is 2.88. The average molecular weight is 275 g/mol. The molecule has 0 bridgehead atoms. The van der Waals surface area contributed by atoms with E-state index in [4.69, 9.17) is 14.2 Å². The first-order chi connectivity index (χ1) is 9.76. The zero-order valence-corrected chi connectivity index (χ0v) is 11.7. The molecule has 0 fully saturated rings. The summed E-state index contributed by atoms with van der Waals surface area (Å²) in [5.41, 5.74) is 0. The van der Waals surface area contributed by atoms with Crippen LogP contribution in [0.3, 0.4) is 0 Å². The Morgan fingerprint density at radius 3 is 2.50 bits per heavy atom. The minimum absolute atomic E-state index is 0.317. The second kappa shape index (κ2) is 6.72. The SMILES string of the molecule is CNc1cc(Oc2ccccc2OC)nc(COC)n1. The molecule has 0 amide bonds. The lowest BCUT2D eigenvalue weighted by atomic mass is 10.3. The van der Waals surface area contributed by atoms with Gasteiger partial charge in [0.25, 0.3) is 0 Å². The van der Waals surface area contributed by atoms with Crippen LogP contribution in [0.2, 0.25) is 0 Å². The van der Waals surface area contributed by atoms with Gasteiger partial charge in [0.1, 0.15) is 12.4 Å². The molecule has 0 aliphatic heterocycles. The zero-order chi connectivity index (χ0) is 14.4. The third kappa shape index (κ3) is 3.36. The standard InChI is InChI=1S/C14H17N3O3/c1-15-12-8-14(17-13(16-12)9-18-2)20-11-7-5-4-6-10(11)19-3/h4-8H,9H2,1-3H3,(H,15,16,17). The van der Waals surface area contributed by atoms with Crippen molar-refractivity contribution in [2.24, 2.45) is 0 Å². The Bertz CT molecular complexity index is 575. The highest BCUT2D eigenvalue weighted by molar-refractivity contribution is 5.44. The predicted octanol–water partition coefficient (Wildman–Crippen LogP) is 2.47. The van der Waals surface area contributed by atoms with Crippen LogP contribution >= 0.6 is 0 Å². The maximum absolute atomic E-state index is 5.76. The van der Waals surface area contributed by atoms with E-state index in [0.717, 1.165) is 0 Å². The molecule has 0 radical (unpaired) electrons. The smallest absolute Gasteiger partial charge is 0.224 e. The van der Waals surface area contributed by atoms with E-state index in [-0.39, 0.29) is 0 Å². The summed E-state index contributed by atoms with van der Waals surface area (Å²) in [6.45, 7) is 0.317. The Balaban J connectivity index is 2.30. The largest absolute Gasteiger partial charge is 0.493 e. The summed E-state index contributed by atoms with van der Waals surface area (Å²) in [6, 6.07) is 9.10. The van der Waals surface area contributed by atoms with E-state index in [0.29, 0.717) is 35.6 Å². The van der Waals surface area contributed by atoms with Crippen LogP contribution < -0.4 is 14.8 Å². The molecule has 0 unspecified atom stereocenters. The van der Waals surface area contributed by atoms with Gasteiger partial charge in [0.15, 0.2) is 17.3 Å². The fourth-order valence-electron chi connectivity index (χ4n) is 1.66. The van der Waals surface area contributed by atoms with Gasteiger partial charge in [-0.3, -0.25) is 0 Å².